The molecule has 14 atom stereocenters. The number of amides is 1. The number of cyclic esters (lactones) is 1. The number of ether oxygens (including phenoxy) is 4. The van der Waals surface area contributed by atoms with Crippen LogP contribution in [0.5, 0.6) is 5.75 Å². The molecule has 13 heteroatoms. The zero-order valence-corrected chi connectivity index (χ0v) is 40.2. The van der Waals surface area contributed by atoms with Crippen molar-refractivity contribution in [2.45, 2.75) is 168 Å². The first-order valence-electron chi connectivity index (χ1n) is 24.3. The molecule has 1 saturated carbocycles. The Morgan fingerprint density at radius 1 is 0.938 bits per heavy atom. The van der Waals surface area contributed by atoms with Crippen LogP contribution in [0.3, 0.4) is 0 Å². The van der Waals surface area contributed by atoms with Crippen molar-refractivity contribution in [2.75, 3.05) is 20.3 Å². The summed E-state index contributed by atoms with van der Waals surface area (Å²) in [5.74, 6) is -6.12. The summed E-state index contributed by atoms with van der Waals surface area (Å²) >= 11 is 0. The second-order valence-corrected chi connectivity index (χ2v) is 20.4. The number of nitrogens with zero attached hydrogens (tertiary/aromatic N) is 2. The summed E-state index contributed by atoms with van der Waals surface area (Å²) < 4.78 is 27.2. The number of piperidine rings is 1. The Labute approximate surface area is 385 Å². The first-order chi connectivity index (χ1) is 30.8. The van der Waals surface area contributed by atoms with Crippen LogP contribution in [0.1, 0.15) is 120 Å². The lowest BCUT2D eigenvalue weighted by molar-refractivity contribution is -0.282. The molecule has 4 heterocycles. The van der Waals surface area contributed by atoms with Gasteiger partial charge >= 0.3 is 5.97 Å². The molecule has 1 aromatic carbocycles. The van der Waals surface area contributed by atoms with Crippen molar-refractivity contribution in [1.82, 2.24) is 9.47 Å². The van der Waals surface area contributed by atoms with Crippen molar-refractivity contribution < 1.29 is 53.4 Å². The fourth-order valence-electron chi connectivity index (χ4n) is 11.4. The van der Waals surface area contributed by atoms with Gasteiger partial charge in [0.25, 0.3) is 11.7 Å². The highest BCUT2D eigenvalue weighted by Gasteiger charge is 2.55. The van der Waals surface area contributed by atoms with E-state index in [0.29, 0.717) is 44.2 Å². The van der Waals surface area contributed by atoms with E-state index < -0.39 is 65.6 Å². The highest BCUT2D eigenvalue weighted by atomic mass is 16.6. The van der Waals surface area contributed by atoms with Crippen LogP contribution in [0.15, 0.2) is 53.8 Å². The molecule has 0 radical (unpaired) electrons. The Kier molecular flexibility index (Phi) is 17.0. The summed E-state index contributed by atoms with van der Waals surface area (Å²) in [6.45, 7) is 16.2. The SMILES string of the molecule is COC1C[C@H](/C=C(\C)C2OC(=O)C3CCCCN3C(=O)C(=O)C3(O)OC([C@@H](C)C[C@@H](C)C/C(C)=C/[C@@H](C)C(=O)CC(O)[C@H]2C)[C@@H](C)C[C@H]3C)CCC1Oc1ccc2c(ccn2CCO)c1. The summed E-state index contributed by atoms with van der Waals surface area (Å²) in [6.07, 6.45) is 8.27. The van der Waals surface area contributed by atoms with Gasteiger partial charge in [-0.15, -0.1) is 0 Å². The molecule has 65 heavy (non-hydrogen) atoms. The number of esters is 1. The number of aromatic nitrogens is 1. The van der Waals surface area contributed by atoms with E-state index in [9.17, 15) is 34.5 Å². The fourth-order valence-corrected chi connectivity index (χ4v) is 11.4. The van der Waals surface area contributed by atoms with Gasteiger partial charge in [0.1, 0.15) is 29.8 Å². The topological polar surface area (TPSA) is 174 Å². The van der Waals surface area contributed by atoms with Crippen LogP contribution in [0.2, 0.25) is 0 Å². The molecule has 13 nitrogen and oxygen atoms in total. The van der Waals surface area contributed by atoms with Crippen LogP contribution in [0, 0.1) is 41.4 Å². The zero-order valence-electron chi connectivity index (χ0n) is 40.2. The molecular formula is C52H76N2O11. The van der Waals surface area contributed by atoms with E-state index in [2.05, 4.69) is 13.0 Å². The smallest absolute Gasteiger partial charge is 0.329 e. The minimum Gasteiger partial charge on any atom is -0.488 e. The van der Waals surface area contributed by atoms with Gasteiger partial charge < -0.3 is 43.7 Å². The quantitative estimate of drug-likeness (QED) is 0.144. The molecule has 6 rings (SSSR count). The number of aliphatic hydroxyl groups excluding tert-OH is 2. The molecule has 4 aliphatic rings. The van der Waals surface area contributed by atoms with Gasteiger partial charge in [-0.3, -0.25) is 14.4 Å². The number of hydrogen-bond donors (Lipinski definition) is 3. The van der Waals surface area contributed by atoms with Gasteiger partial charge in [0.05, 0.1) is 24.9 Å². The van der Waals surface area contributed by atoms with Crippen LogP contribution >= 0.6 is 0 Å². The van der Waals surface area contributed by atoms with Crippen molar-refractivity contribution in [3.8, 4) is 5.75 Å². The highest BCUT2D eigenvalue weighted by molar-refractivity contribution is 6.39. The highest BCUT2D eigenvalue weighted by Crippen LogP contribution is 2.42. The predicted molar refractivity (Wildman–Crippen MR) is 248 cm³/mol. The maximum Gasteiger partial charge on any atom is 0.329 e. The average molecular weight is 905 g/mol. The Hall–Kier alpha value is -3.88. The molecule has 2 bridgehead atoms. The third kappa shape index (κ3) is 11.6. The van der Waals surface area contributed by atoms with E-state index in [0.717, 1.165) is 41.5 Å². The Balaban J connectivity index is 1.26. The number of hydrogen-bond acceptors (Lipinski definition) is 11. The van der Waals surface area contributed by atoms with Crippen LogP contribution in [0.25, 0.3) is 10.9 Å². The maximum atomic E-state index is 14.5. The van der Waals surface area contributed by atoms with Gasteiger partial charge in [0.15, 0.2) is 0 Å². The second kappa shape index (κ2) is 21.8. The normalized spacial score (nSPS) is 37.5. The molecule has 360 valence electrons. The number of fused-ring (bicyclic) bond motifs is 4. The summed E-state index contributed by atoms with van der Waals surface area (Å²) in [6, 6.07) is 6.83. The first kappa shape index (κ1) is 50.5. The summed E-state index contributed by atoms with van der Waals surface area (Å²) in [4.78, 5) is 58.0. The molecule has 1 amide bonds. The second-order valence-electron chi connectivity index (χ2n) is 20.4. The zero-order chi connectivity index (χ0) is 47.3. The minimum atomic E-state index is -2.35. The molecule has 0 spiro atoms. The van der Waals surface area contributed by atoms with E-state index in [1.807, 2.05) is 75.7 Å². The van der Waals surface area contributed by atoms with Crippen LogP contribution < -0.4 is 4.74 Å². The van der Waals surface area contributed by atoms with Gasteiger partial charge in [0.2, 0.25) is 5.79 Å². The van der Waals surface area contributed by atoms with Crippen LogP contribution in [-0.4, -0.2) is 111 Å². The number of Topliss-reactive ketones (excluding diaryl/α,β-unsaturated/α-hetero) is 2. The molecule has 2 saturated heterocycles. The minimum absolute atomic E-state index is 0.0120. The lowest BCUT2D eigenvalue weighted by Crippen LogP contribution is -2.62. The van der Waals surface area contributed by atoms with Crippen molar-refractivity contribution >= 4 is 34.3 Å². The summed E-state index contributed by atoms with van der Waals surface area (Å²) in [5.41, 5.74) is 2.76. The van der Waals surface area contributed by atoms with Crippen molar-refractivity contribution in [3.63, 3.8) is 0 Å². The van der Waals surface area contributed by atoms with Crippen molar-refractivity contribution in [3.05, 3.63) is 53.8 Å². The van der Waals surface area contributed by atoms with E-state index in [1.165, 1.54) is 4.90 Å². The van der Waals surface area contributed by atoms with E-state index in [-0.39, 0.29) is 67.7 Å². The Bertz CT molecular complexity index is 2060. The molecule has 2 aromatic rings. The van der Waals surface area contributed by atoms with Crippen molar-refractivity contribution in [2.24, 2.45) is 41.4 Å². The average Bonchev–Trinajstić information content (AvgIpc) is 3.67. The number of aliphatic hydroxyl groups is 3. The Morgan fingerprint density at radius 2 is 1.68 bits per heavy atom. The largest absolute Gasteiger partial charge is 0.488 e. The van der Waals surface area contributed by atoms with E-state index in [1.54, 1.807) is 21.0 Å². The summed E-state index contributed by atoms with van der Waals surface area (Å²) in [7, 11) is 1.67. The van der Waals surface area contributed by atoms with E-state index >= 15 is 0 Å². The van der Waals surface area contributed by atoms with Crippen LogP contribution in [-0.2, 0) is 39.9 Å². The lowest BCUT2D eigenvalue weighted by Gasteiger charge is -2.46. The predicted octanol–water partition coefficient (Wildman–Crippen LogP) is 7.36. The van der Waals surface area contributed by atoms with Gasteiger partial charge in [0, 0.05) is 61.5 Å². The van der Waals surface area contributed by atoms with E-state index in [4.69, 9.17) is 18.9 Å². The van der Waals surface area contributed by atoms with Gasteiger partial charge in [-0.25, -0.2) is 4.79 Å². The third-order valence-corrected chi connectivity index (χ3v) is 15.0. The van der Waals surface area contributed by atoms with Gasteiger partial charge in [-0.1, -0.05) is 59.3 Å². The molecule has 7 unspecified atom stereocenters. The molecule has 1 aromatic heterocycles. The number of benzene rings is 1. The van der Waals surface area contributed by atoms with Gasteiger partial charge in [-0.2, -0.15) is 0 Å². The number of allylic oxidation sites excluding steroid dienone is 3. The molecule has 1 aliphatic carbocycles. The monoisotopic (exact) mass is 905 g/mol. The number of rotatable bonds is 7. The molecule has 3 aliphatic heterocycles. The standard InChI is InChI=1S/C52H76N2O11/c1-30-22-31(2)24-33(4)47-34(5)25-36(7)52(61,65-47)49(58)50(59)54-18-11-10-12-42(54)51(60)64-48(37(8)44(57)29-43(56)32(3)23-30)35(6)26-38-13-16-45(46(27-38)62-9)63-40-14-15-41-39(28-40)17-19-53(41)20-21-55/h14-15,17,19,23,26,28,31-34,36-38,42,44-48,55,57,61H,10-13,16,18,20-22,24-25,27,29H2,1-9H3/b30-23+,35-26+/t31-,32+,33-,34-,36+,37+,38-,42?,44?,45?,46?,47?,48?,52?/m0/s1. The summed E-state index contributed by atoms with van der Waals surface area (Å²) in [5, 5.41) is 34.3. The number of carbonyl (C=O) groups is 4. The van der Waals surface area contributed by atoms with Crippen LogP contribution in [0.4, 0.5) is 0 Å². The fraction of sp³-hybridized carbons (Fsp3) is 0.692. The number of methoxy groups -OCH3 is 1. The Morgan fingerprint density at radius 3 is 2.40 bits per heavy atom. The van der Waals surface area contributed by atoms with Gasteiger partial charge in [-0.05, 0) is 125 Å². The molecular weight excluding hydrogens is 829 g/mol. The third-order valence-electron chi connectivity index (χ3n) is 15.0. The lowest BCUT2D eigenvalue weighted by atomic mass is 9.76. The number of ketones is 2. The number of carbonyl (C=O) groups excluding carboxylic acids is 4. The molecule has 3 fully saturated rings. The molecule has 3 N–H and O–H groups in total. The maximum absolute atomic E-state index is 14.5. The first-order valence-corrected chi connectivity index (χ1v) is 24.3. The van der Waals surface area contributed by atoms with Crippen molar-refractivity contribution in [1.29, 1.82) is 0 Å².